The van der Waals surface area contributed by atoms with E-state index >= 15 is 0 Å². The van der Waals surface area contributed by atoms with Crippen LogP contribution in [-0.4, -0.2) is 43.6 Å². The molecule has 0 fully saturated rings. The zero-order valence-electron chi connectivity index (χ0n) is 21.6. The lowest BCUT2D eigenvalue weighted by atomic mass is 9.98. The van der Waals surface area contributed by atoms with Crippen LogP contribution in [0.2, 0.25) is 5.02 Å². The number of nitrogens with one attached hydrogen (secondary N) is 1. The lowest BCUT2D eigenvalue weighted by molar-refractivity contribution is 0.102. The van der Waals surface area contributed by atoms with E-state index < -0.39 is 9.84 Å². The van der Waals surface area contributed by atoms with Gasteiger partial charge < -0.3 is 5.32 Å². The Morgan fingerprint density at radius 2 is 1.66 bits per heavy atom. The van der Waals surface area contributed by atoms with Crippen LogP contribution in [0.5, 0.6) is 0 Å². The molecule has 0 spiro atoms. The second-order valence-electron chi connectivity index (χ2n) is 9.00. The van der Waals surface area contributed by atoms with E-state index in [0.717, 1.165) is 37.0 Å². The van der Waals surface area contributed by atoms with Crippen LogP contribution in [-0.2, 0) is 16.4 Å². The van der Waals surface area contributed by atoms with Crippen LogP contribution in [0.1, 0.15) is 29.8 Å². The summed E-state index contributed by atoms with van der Waals surface area (Å²) < 4.78 is 24.6. The van der Waals surface area contributed by atoms with Gasteiger partial charge in [-0.15, -0.1) is 0 Å². The third-order valence-electron chi connectivity index (χ3n) is 6.39. The minimum absolute atomic E-state index is 0.153. The highest BCUT2D eigenvalue weighted by Crippen LogP contribution is 2.31. The van der Waals surface area contributed by atoms with Gasteiger partial charge >= 0.3 is 0 Å². The van der Waals surface area contributed by atoms with Gasteiger partial charge in [0.2, 0.25) is 0 Å². The molecule has 0 atom stereocenters. The summed E-state index contributed by atoms with van der Waals surface area (Å²) in [6.45, 7) is 6.97. The van der Waals surface area contributed by atoms with Crippen molar-refractivity contribution in [2.24, 2.45) is 0 Å². The molecule has 4 aromatic rings. The maximum atomic E-state index is 13.5. The average Bonchev–Trinajstić information content (AvgIpc) is 2.92. The van der Waals surface area contributed by atoms with E-state index in [9.17, 15) is 13.2 Å². The lowest BCUT2D eigenvalue weighted by Gasteiger charge is -2.18. The Balaban J connectivity index is 1.69. The second kappa shape index (κ2) is 11.9. The van der Waals surface area contributed by atoms with Gasteiger partial charge in [0.1, 0.15) is 0 Å². The summed E-state index contributed by atoms with van der Waals surface area (Å²) in [5.74, 6) is -0.360. The molecule has 1 heterocycles. The molecule has 0 bridgehead atoms. The zero-order chi connectivity index (χ0) is 27.3. The van der Waals surface area contributed by atoms with Crippen molar-refractivity contribution in [1.29, 1.82) is 0 Å². The Morgan fingerprint density at radius 1 is 0.921 bits per heavy atom. The van der Waals surface area contributed by atoms with E-state index in [1.165, 1.54) is 6.07 Å². The number of nitrogens with zero attached hydrogens (tertiary/aromatic N) is 2. The topological polar surface area (TPSA) is 79.4 Å². The Labute approximate surface area is 229 Å². The van der Waals surface area contributed by atoms with Crippen LogP contribution in [0.25, 0.3) is 22.4 Å². The molecule has 1 aromatic heterocycles. The van der Waals surface area contributed by atoms with Crippen LogP contribution in [0, 0.1) is 0 Å². The third kappa shape index (κ3) is 6.48. The molecule has 1 amide bonds. The number of pyridine rings is 1. The summed E-state index contributed by atoms with van der Waals surface area (Å²) in [5, 5.41) is 3.45. The molecule has 0 aliphatic rings. The van der Waals surface area contributed by atoms with Crippen molar-refractivity contribution in [3.63, 3.8) is 0 Å². The van der Waals surface area contributed by atoms with Crippen molar-refractivity contribution in [2.45, 2.75) is 25.3 Å². The molecule has 196 valence electrons. The minimum atomic E-state index is -3.47. The average molecular weight is 548 g/mol. The molecule has 0 saturated carbocycles. The second-order valence-corrected chi connectivity index (χ2v) is 11.4. The number of carbonyl (C=O) groups is 1. The summed E-state index contributed by atoms with van der Waals surface area (Å²) in [4.78, 5) is 20.3. The van der Waals surface area contributed by atoms with Gasteiger partial charge in [0.05, 0.1) is 15.6 Å². The van der Waals surface area contributed by atoms with Crippen LogP contribution in [0.3, 0.4) is 0 Å². The van der Waals surface area contributed by atoms with Crippen LogP contribution in [0.4, 0.5) is 5.69 Å². The summed E-state index contributed by atoms with van der Waals surface area (Å²) in [7, 11) is -3.47. The van der Waals surface area contributed by atoms with Gasteiger partial charge in [-0.3, -0.25) is 14.7 Å². The molecule has 0 aliphatic carbocycles. The fourth-order valence-corrected chi connectivity index (χ4v) is 5.07. The predicted molar refractivity (Wildman–Crippen MR) is 154 cm³/mol. The molecule has 0 saturated heterocycles. The smallest absolute Gasteiger partial charge is 0.256 e. The molecular weight excluding hydrogens is 518 g/mol. The SMILES string of the molecule is CCN(CC)Cc1ccc(-c2cc(S(C)(=O)=O)ccc2C(=O)Nc2ccc(Cl)c(-c3ccccn3)c2)cc1. The van der Waals surface area contributed by atoms with Gasteiger partial charge in [0, 0.05) is 35.8 Å². The van der Waals surface area contributed by atoms with E-state index in [1.807, 2.05) is 42.5 Å². The number of amides is 1. The molecule has 3 aromatic carbocycles. The van der Waals surface area contributed by atoms with E-state index in [4.69, 9.17) is 11.6 Å². The van der Waals surface area contributed by atoms with Gasteiger partial charge in [-0.05, 0) is 78.3 Å². The number of aromatic nitrogens is 1. The number of sulfone groups is 1. The fourth-order valence-electron chi connectivity index (χ4n) is 4.21. The first kappa shape index (κ1) is 27.5. The van der Waals surface area contributed by atoms with Gasteiger partial charge in [-0.2, -0.15) is 0 Å². The Bertz CT molecular complexity index is 1540. The Hall–Kier alpha value is -3.52. The predicted octanol–water partition coefficient (Wildman–Crippen LogP) is 6.57. The van der Waals surface area contributed by atoms with Gasteiger partial charge in [-0.25, -0.2) is 8.42 Å². The highest BCUT2D eigenvalue weighted by atomic mass is 35.5. The number of anilines is 1. The monoisotopic (exact) mass is 547 g/mol. The van der Waals surface area contributed by atoms with Crippen LogP contribution >= 0.6 is 11.6 Å². The van der Waals surface area contributed by atoms with Crippen molar-refractivity contribution in [2.75, 3.05) is 24.7 Å². The molecule has 0 aliphatic heterocycles. The molecule has 8 heteroatoms. The standard InChI is InChI=1S/C30H30ClN3O3S/c1-4-34(5-2)20-21-9-11-22(12-10-21)26-19-24(38(3,36)37)14-15-25(26)30(35)33-23-13-16-28(31)27(18-23)29-8-6-7-17-32-29/h6-19H,4-5,20H2,1-3H3,(H,33,35). The first-order valence-electron chi connectivity index (χ1n) is 12.4. The van der Waals surface area contributed by atoms with E-state index in [-0.39, 0.29) is 10.8 Å². The molecule has 0 unspecified atom stereocenters. The normalized spacial score (nSPS) is 11.5. The maximum absolute atomic E-state index is 13.5. The number of rotatable bonds is 9. The molecule has 38 heavy (non-hydrogen) atoms. The van der Waals surface area contributed by atoms with Crippen molar-refractivity contribution < 1.29 is 13.2 Å². The molecule has 4 rings (SSSR count). The number of benzene rings is 3. The maximum Gasteiger partial charge on any atom is 0.256 e. The third-order valence-corrected chi connectivity index (χ3v) is 7.83. The molecule has 0 radical (unpaired) electrons. The van der Waals surface area contributed by atoms with Crippen molar-refractivity contribution in [3.8, 4) is 22.4 Å². The van der Waals surface area contributed by atoms with Gasteiger partial charge in [0.15, 0.2) is 9.84 Å². The summed E-state index contributed by atoms with van der Waals surface area (Å²) in [5.41, 5.74) is 4.74. The fraction of sp³-hybridized carbons (Fsp3) is 0.200. The molecule has 6 nitrogen and oxygen atoms in total. The van der Waals surface area contributed by atoms with E-state index in [0.29, 0.717) is 33.1 Å². The Morgan fingerprint density at radius 3 is 2.29 bits per heavy atom. The van der Waals surface area contributed by atoms with Crippen molar-refractivity contribution in [3.05, 3.63) is 101 Å². The van der Waals surface area contributed by atoms with Gasteiger partial charge in [0.25, 0.3) is 5.91 Å². The molecular formula is C30H30ClN3O3S. The largest absolute Gasteiger partial charge is 0.322 e. The minimum Gasteiger partial charge on any atom is -0.322 e. The number of hydrogen-bond acceptors (Lipinski definition) is 5. The van der Waals surface area contributed by atoms with E-state index in [2.05, 4.69) is 29.0 Å². The van der Waals surface area contributed by atoms with Crippen molar-refractivity contribution >= 4 is 33.0 Å². The zero-order valence-corrected chi connectivity index (χ0v) is 23.2. The number of hydrogen-bond donors (Lipinski definition) is 1. The summed E-state index contributed by atoms with van der Waals surface area (Å²) in [6.07, 6.45) is 2.84. The highest BCUT2D eigenvalue weighted by Gasteiger charge is 2.18. The van der Waals surface area contributed by atoms with E-state index in [1.54, 1.807) is 36.5 Å². The van der Waals surface area contributed by atoms with Crippen LogP contribution in [0.15, 0.2) is 90.0 Å². The van der Waals surface area contributed by atoms with Crippen molar-refractivity contribution in [1.82, 2.24) is 9.88 Å². The first-order chi connectivity index (χ1) is 18.2. The van der Waals surface area contributed by atoms with Gasteiger partial charge in [-0.1, -0.05) is 55.8 Å². The summed E-state index contributed by atoms with van der Waals surface area (Å²) >= 11 is 6.40. The number of halogens is 1. The first-order valence-corrected chi connectivity index (χ1v) is 14.6. The summed E-state index contributed by atoms with van der Waals surface area (Å²) in [6, 6.07) is 23.2. The van der Waals surface area contributed by atoms with Crippen LogP contribution < -0.4 is 5.32 Å². The Kier molecular flexibility index (Phi) is 8.62. The highest BCUT2D eigenvalue weighted by molar-refractivity contribution is 7.90. The molecule has 1 N–H and O–H groups in total. The lowest BCUT2D eigenvalue weighted by Crippen LogP contribution is -2.21. The quantitative estimate of drug-likeness (QED) is 0.256. The number of carbonyl (C=O) groups excluding carboxylic acids is 1.